The fraction of sp³-hybridized carbons (Fsp3) is 0.676. The lowest BCUT2D eigenvalue weighted by molar-refractivity contribution is 0.0862. The minimum Gasteiger partial charge on any atom is -0.393 e. The van der Waals surface area contributed by atoms with Crippen LogP contribution in [0.15, 0.2) is 53.0 Å². The van der Waals surface area contributed by atoms with Gasteiger partial charge in [-0.1, -0.05) is 63.6 Å². The summed E-state index contributed by atoms with van der Waals surface area (Å²) in [7, 11) is 0. The fourth-order valence-electron chi connectivity index (χ4n) is 7.99. The van der Waals surface area contributed by atoms with Crippen LogP contribution in [0.3, 0.4) is 0 Å². The van der Waals surface area contributed by atoms with E-state index in [4.69, 9.17) is 4.98 Å². The maximum absolute atomic E-state index is 11.3. The van der Waals surface area contributed by atoms with Crippen molar-refractivity contribution in [3.63, 3.8) is 0 Å². The monoisotopic (exact) mass is 551 g/mol. The summed E-state index contributed by atoms with van der Waals surface area (Å²) in [6, 6.07) is 0. The van der Waals surface area contributed by atoms with Crippen LogP contribution in [0.1, 0.15) is 102 Å². The highest BCUT2D eigenvalue weighted by Gasteiger charge is 2.53. The Morgan fingerprint density at radius 2 is 1.97 bits per heavy atom. The summed E-state index contributed by atoms with van der Waals surface area (Å²) in [4.78, 5) is 4.93. The minimum atomic E-state index is -0.637. The second kappa shape index (κ2) is 11.8. The van der Waals surface area contributed by atoms with Gasteiger partial charge in [0.1, 0.15) is 5.01 Å². The lowest BCUT2D eigenvalue weighted by atomic mass is 9.61. The molecule has 0 amide bonds. The number of nitrogens with zero attached hydrogens (tertiary/aromatic N) is 1. The van der Waals surface area contributed by atoms with Crippen LogP contribution in [0, 0.1) is 23.2 Å². The lowest BCUT2D eigenvalue weighted by Gasteiger charge is -2.44. The quantitative estimate of drug-likeness (QED) is 0.284. The Labute approximate surface area is 239 Å². The van der Waals surface area contributed by atoms with Gasteiger partial charge < -0.3 is 15.3 Å². The van der Waals surface area contributed by atoms with Crippen LogP contribution in [-0.4, -0.2) is 38.6 Å². The molecule has 4 nitrogen and oxygen atoms in total. The van der Waals surface area contributed by atoms with Crippen LogP contribution in [0.2, 0.25) is 0 Å². The van der Waals surface area contributed by atoms with E-state index in [9.17, 15) is 15.3 Å². The van der Waals surface area contributed by atoms with E-state index in [0.29, 0.717) is 30.6 Å². The van der Waals surface area contributed by atoms with Gasteiger partial charge in [-0.05, 0) is 98.5 Å². The number of aliphatic hydroxyl groups is 3. The van der Waals surface area contributed by atoms with Crippen LogP contribution in [0.5, 0.6) is 0 Å². The molecule has 1 aromatic heterocycles. The molecule has 0 unspecified atom stereocenters. The van der Waals surface area contributed by atoms with Crippen LogP contribution in [0.25, 0.3) is 0 Å². The molecule has 0 radical (unpaired) electrons. The van der Waals surface area contributed by atoms with Crippen molar-refractivity contribution >= 4 is 11.3 Å². The summed E-state index contributed by atoms with van der Waals surface area (Å²) < 4.78 is 0. The number of aromatic nitrogens is 1. The second-order valence-corrected chi connectivity index (χ2v) is 14.1. The van der Waals surface area contributed by atoms with Crippen molar-refractivity contribution in [1.29, 1.82) is 0 Å². The van der Waals surface area contributed by atoms with Crippen molar-refractivity contribution in [2.75, 3.05) is 0 Å². The zero-order chi connectivity index (χ0) is 27.8. The molecule has 4 saturated carbocycles. The average Bonchev–Trinajstić information content (AvgIpc) is 3.44. The van der Waals surface area contributed by atoms with E-state index in [1.165, 1.54) is 49.8 Å². The van der Waals surface area contributed by atoms with Crippen molar-refractivity contribution in [2.45, 2.75) is 122 Å². The number of hydrogen-bond acceptors (Lipinski definition) is 5. The smallest absolute Gasteiger partial charge is 0.102 e. The summed E-state index contributed by atoms with van der Waals surface area (Å²) in [5.74, 6) is 1.60. The highest BCUT2D eigenvalue weighted by molar-refractivity contribution is 7.09. The van der Waals surface area contributed by atoms with Crippen LogP contribution in [-0.2, 0) is 11.8 Å². The van der Waals surface area contributed by atoms with Crippen LogP contribution < -0.4 is 0 Å². The molecule has 0 spiro atoms. The molecule has 0 saturated heterocycles. The minimum absolute atomic E-state index is 0.161. The molecule has 0 bridgehead atoms. The van der Waals surface area contributed by atoms with Gasteiger partial charge in [-0.15, -0.1) is 11.3 Å². The maximum atomic E-state index is 11.3. The lowest BCUT2D eigenvalue weighted by Crippen LogP contribution is -2.35. The zero-order valence-electron chi connectivity index (χ0n) is 24.2. The van der Waals surface area contributed by atoms with Gasteiger partial charge in [0.2, 0.25) is 0 Å². The Kier molecular flexibility index (Phi) is 8.74. The first-order chi connectivity index (χ1) is 18.7. The normalized spacial score (nSPS) is 36.0. The third-order valence-corrected chi connectivity index (χ3v) is 11.8. The van der Waals surface area contributed by atoms with Gasteiger partial charge in [0, 0.05) is 11.8 Å². The van der Waals surface area contributed by atoms with Gasteiger partial charge in [-0.3, -0.25) is 0 Å². The summed E-state index contributed by atoms with van der Waals surface area (Å²) in [5, 5.41) is 35.0. The zero-order valence-corrected chi connectivity index (χ0v) is 25.1. The van der Waals surface area contributed by atoms with Gasteiger partial charge >= 0.3 is 0 Å². The number of allylic oxidation sites excluding steroid dienone is 4. The molecule has 1 aromatic rings. The number of rotatable bonds is 9. The molecule has 5 heteroatoms. The maximum Gasteiger partial charge on any atom is 0.102 e. The fourth-order valence-corrected chi connectivity index (χ4v) is 9.13. The average molecular weight is 552 g/mol. The highest BCUT2D eigenvalue weighted by atomic mass is 32.1. The Bertz CT molecular complexity index is 1130. The summed E-state index contributed by atoms with van der Waals surface area (Å²) >= 11 is 1.74. The molecule has 5 rings (SSSR count). The van der Waals surface area contributed by atoms with Gasteiger partial charge in [-0.25, -0.2) is 4.98 Å². The van der Waals surface area contributed by atoms with Crippen molar-refractivity contribution in [2.24, 2.45) is 23.2 Å². The predicted octanol–water partition coefficient (Wildman–Crippen LogP) is 7.21. The van der Waals surface area contributed by atoms with Gasteiger partial charge in [0.15, 0.2) is 0 Å². The van der Waals surface area contributed by atoms with E-state index in [-0.39, 0.29) is 10.8 Å². The second-order valence-electron chi connectivity index (χ2n) is 13.3. The molecule has 0 aromatic carbocycles. The van der Waals surface area contributed by atoms with Crippen molar-refractivity contribution in [1.82, 2.24) is 4.98 Å². The molecule has 4 aliphatic carbocycles. The van der Waals surface area contributed by atoms with Crippen LogP contribution in [0.4, 0.5) is 0 Å². The summed E-state index contributed by atoms with van der Waals surface area (Å²) in [5.41, 5.74) is 4.58. The van der Waals surface area contributed by atoms with Crippen LogP contribution >= 0.6 is 11.3 Å². The Morgan fingerprint density at radius 3 is 2.72 bits per heavy atom. The highest BCUT2D eigenvalue weighted by Crippen LogP contribution is 2.60. The standard InChI is InChI=1S/C34H49NO3S/c1-5-6-9-26-21-39-32(35-26)34(17-18-34)31(38)15-10-22(2)28-13-14-29-24(8-7-16-33(28,29)4)11-12-25-19-27(36)20-30(37)23(25)3/h10-12,15,21-22,27-31,36-38H,3,5-9,13-14,16-20H2,1-2,4H3/t22-,27-,28-,29+,30+,31+,33-/m1/s1. The Morgan fingerprint density at radius 1 is 1.18 bits per heavy atom. The van der Waals surface area contributed by atoms with Crippen molar-refractivity contribution < 1.29 is 15.3 Å². The van der Waals surface area contributed by atoms with Gasteiger partial charge in [0.05, 0.1) is 29.4 Å². The van der Waals surface area contributed by atoms with E-state index >= 15 is 0 Å². The van der Waals surface area contributed by atoms with E-state index in [2.05, 4.69) is 57.0 Å². The van der Waals surface area contributed by atoms with E-state index < -0.39 is 18.3 Å². The van der Waals surface area contributed by atoms with E-state index in [1.54, 1.807) is 11.3 Å². The van der Waals surface area contributed by atoms with Crippen molar-refractivity contribution in [3.8, 4) is 0 Å². The van der Waals surface area contributed by atoms with Gasteiger partial charge in [0.25, 0.3) is 0 Å². The number of hydrogen-bond donors (Lipinski definition) is 3. The number of fused-ring (bicyclic) bond motifs is 1. The van der Waals surface area contributed by atoms with Crippen molar-refractivity contribution in [3.05, 3.63) is 63.7 Å². The largest absolute Gasteiger partial charge is 0.393 e. The number of thiazole rings is 1. The third kappa shape index (κ3) is 5.80. The first-order valence-corrected chi connectivity index (χ1v) is 16.3. The SMILES string of the molecule is C=C1C(=CC=C2CCC[C@]3(C)[C@@H]([C@H](C)C=C[C@H](O)C4(c5nc(CCCC)cs5)CC4)CC[C@@H]23)C[C@@H](O)C[C@@H]1O. The summed E-state index contributed by atoms with van der Waals surface area (Å²) in [6.45, 7) is 11.2. The molecule has 4 fully saturated rings. The number of unbranched alkanes of at least 4 members (excludes halogenated alkanes) is 1. The first kappa shape index (κ1) is 29.0. The molecular formula is C34H49NO3S. The molecule has 3 N–H and O–H groups in total. The predicted molar refractivity (Wildman–Crippen MR) is 161 cm³/mol. The Hall–Kier alpha value is -1.53. The molecule has 214 valence electrons. The Balaban J connectivity index is 1.26. The molecular weight excluding hydrogens is 502 g/mol. The van der Waals surface area contributed by atoms with E-state index in [0.717, 1.165) is 41.8 Å². The van der Waals surface area contributed by atoms with E-state index in [1.807, 2.05) is 0 Å². The molecule has 7 atom stereocenters. The number of aryl methyl sites for hydroxylation is 1. The number of aliphatic hydroxyl groups excluding tert-OH is 3. The third-order valence-electron chi connectivity index (χ3n) is 10.7. The molecule has 4 aliphatic rings. The molecule has 1 heterocycles. The first-order valence-electron chi connectivity index (χ1n) is 15.4. The molecule has 39 heavy (non-hydrogen) atoms. The topological polar surface area (TPSA) is 73.6 Å². The molecule has 0 aliphatic heterocycles. The summed E-state index contributed by atoms with van der Waals surface area (Å²) in [6.07, 6.45) is 19.7. The van der Waals surface area contributed by atoms with Gasteiger partial charge in [-0.2, -0.15) is 0 Å².